The van der Waals surface area contributed by atoms with Crippen LogP contribution < -0.4 is 5.32 Å². The van der Waals surface area contributed by atoms with Crippen LogP contribution in [0.4, 0.5) is 0 Å². The first-order valence-electron chi connectivity index (χ1n) is 38.8. The molecule has 0 aromatic rings. The highest BCUT2D eigenvalue weighted by Gasteiger charge is 2.18. The molecule has 0 fully saturated rings. The minimum absolute atomic E-state index is 0.00952. The molecule has 0 aromatic heterocycles. The first-order chi connectivity index (χ1) is 42.0. The lowest BCUT2D eigenvalue weighted by Gasteiger charge is -2.20. The highest BCUT2D eigenvalue weighted by atomic mass is 16.5. The van der Waals surface area contributed by atoms with Gasteiger partial charge in [-0.1, -0.05) is 371 Å². The van der Waals surface area contributed by atoms with E-state index in [-0.39, 0.29) is 18.5 Å². The van der Waals surface area contributed by atoms with Crippen molar-refractivity contribution in [2.45, 2.75) is 443 Å². The van der Waals surface area contributed by atoms with E-state index in [0.717, 1.165) is 44.9 Å². The van der Waals surface area contributed by atoms with Gasteiger partial charge in [0.05, 0.1) is 25.4 Å². The molecule has 0 aliphatic heterocycles. The average molecular weight is 1200 g/mol. The Balaban J connectivity index is 3.40. The fourth-order valence-electron chi connectivity index (χ4n) is 12.2. The molecule has 0 aliphatic rings. The van der Waals surface area contributed by atoms with Gasteiger partial charge in [0.1, 0.15) is 0 Å². The Bertz CT molecular complexity index is 1380. The maximum Gasteiger partial charge on any atom is 0.305 e. The molecule has 2 unspecified atom stereocenters. The second-order valence-electron chi connectivity index (χ2n) is 26.7. The van der Waals surface area contributed by atoms with Crippen molar-refractivity contribution in [3.63, 3.8) is 0 Å². The molecular weight excluding hydrogens is 1040 g/mol. The largest absolute Gasteiger partial charge is 0.466 e. The van der Waals surface area contributed by atoms with Crippen LogP contribution in [0.1, 0.15) is 431 Å². The van der Waals surface area contributed by atoms with E-state index in [9.17, 15) is 19.8 Å². The predicted octanol–water partition coefficient (Wildman–Crippen LogP) is 25.4. The Kier molecular flexibility index (Phi) is 72.9. The van der Waals surface area contributed by atoms with Crippen molar-refractivity contribution in [2.75, 3.05) is 13.2 Å². The first-order valence-corrected chi connectivity index (χ1v) is 38.8. The van der Waals surface area contributed by atoms with Crippen molar-refractivity contribution >= 4 is 11.9 Å². The fourth-order valence-corrected chi connectivity index (χ4v) is 12.2. The van der Waals surface area contributed by atoms with E-state index in [1.807, 2.05) is 6.08 Å². The van der Waals surface area contributed by atoms with Crippen molar-refractivity contribution in [2.24, 2.45) is 0 Å². The average Bonchev–Trinajstić information content (AvgIpc) is 3.51. The minimum atomic E-state index is -0.846. The van der Waals surface area contributed by atoms with E-state index in [2.05, 4.69) is 43.5 Å². The molecule has 6 heteroatoms. The summed E-state index contributed by atoms with van der Waals surface area (Å²) in [6.07, 6.45) is 96.8. The number of hydrogen-bond donors (Lipinski definition) is 3. The number of nitrogens with one attached hydrogen (secondary N) is 1. The normalized spacial score (nSPS) is 12.7. The van der Waals surface area contributed by atoms with E-state index in [1.54, 1.807) is 6.08 Å². The number of aliphatic hydroxyl groups is 2. The number of rotatable bonds is 73. The van der Waals surface area contributed by atoms with E-state index in [0.29, 0.717) is 19.4 Å². The zero-order valence-corrected chi connectivity index (χ0v) is 57.6. The molecule has 0 saturated carbocycles. The number of aliphatic hydroxyl groups excluding tert-OH is 2. The summed E-state index contributed by atoms with van der Waals surface area (Å²) in [6.45, 7) is 4.94. The van der Waals surface area contributed by atoms with Crippen molar-refractivity contribution in [1.29, 1.82) is 0 Å². The molecule has 0 aromatic carbocycles. The van der Waals surface area contributed by atoms with Gasteiger partial charge in [0.15, 0.2) is 0 Å². The van der Waals surface area contributed by atoms with Crippen LogP contribution in [0.15, 0.2) is 36.5 Å². The second-order valence-corrected chi connectivity index (χ2v) is 26.7. The SMILES string of the molecule is CCCCCCCCC/C=C\CCCCCCCC(=O)OCCCCCCCCCCCCCC/C=C\CCCCCCCCCCCCCCCC(=O)NC(CO)C(O)/C=C/CCCCCCCCCCCCCCCCCCCCCCC. The van der Waals surface area contributed by atoms with Gasteiger partial charge in [-0.3, -0.25) is 9.59 Å². The van der Waals surface area contributed by atoms with Crippen LogP contribution in [0.25, 0.3) is 0 Å². The number of hydrogen-bond acceptors (Lipinski definition) is 5. The third-order valence-corrected chi connectivity index (χ3v) is 18.1. The molecule has 0 saturated heterocycles. The number of carbonyl (C=O) groups excluding carboxylic acids is 2. The van der Waals surface area contributed by atoms with Crippen molar-refractivity contribution in [3.8, 4) is 0 Å². The zero-order valence-electron chi connectivity index (χ0n) is 57.6. The Morgan fingerprint density at radius 3 is 0.835 bits per heavy atom. The molecule has 2 atom stereocenters. The van der Waals surface area contributed by atoms with Gasteiger partial charge in [0.2, 0.25) is 5.91 Å². The molecule has 0 radical (unpaired) electrons. The number of amides is 1. The monoisotopic (exact) mass is 1190 g/mol. The maximum absolute atomic E-state index is 12.5. The second kappa shape index (κ2) is 74.5. The standard InChI is InChI=1S/C79H151NO5/c1-3-5-7-9-11-13-15-17-19-21-22-23-31-34-37-40-43-47-51-55-59-63-67-71-77(82)76(75-81)80-78(83)72-68-64-60-56-52-48-44-41-38-35-32-29-27-25-24-26-28-30-33-36-39-42-46-50-54-58-62-66-70-74-85-79(84)73-69-65-61-57-53-49-45-20-18-16-14-12-10-8-6-4-2/h20,24,26,45,67,71,76-77,81-82H,3-19,21-23,25,27-44,46-66,68-70,72-75H2,1-2H3,(H,80,83)/b26-24-,45-20-,71-67+. The first kappa shape index (κ1) is 83.1. The van der Waals surface area contributed by atoms with Gasteiger partial charge in [0.25, 0.3) is 0 Å². The summed E-state index contributed by atoms with van der Waals surface area (Å²) in [5.41, 5.74) is 0. The van der Waals surface area contributed by atoms with Gasteiger partial charge < -0.3 is 20.3 Å². The summed E-state index contributed by atoms with van der Waals surface area (Å²) in [6, 6.07) is -0.629. The quantitative estimate of drug-likeness (QED) is 0.0320. The number of esters is 1. The fraction of sp³-hybridized carbons (Fsp3) is 0.899. The van der Waals surface area contributed by atoms with E-state index < -0.39 is 12.1 Å². The molecule has 0 heterocycles. The van der Waals surface area contributed by atoms with Gasteiger partial charge in [-0.25, -0.2) is 0 Å². The van der Waals surface area contributed by atoms with Crippen molar-refractivity contribution in [3.05, 3.63) is 36.5 Å². The summed E-state index contributed by atoms with van der Waals surface area (Å²) in [5, 5.41) is 23.3. The van der Waals surface area contributed by atoms with Gasteiger partial charge in [-0.05, 0) is 83.5 Å². The summed E-state index contributed by atoms with van der Waals surface area (Å²) >= 11 is 0. The minimum Gasteiger partial charge on any atom is -0.466 e. The van der Waals surface area contributed by atoms with E-state index in [1.165, 1.54) is 360 Å². The number of unbranched alkanes of at least 4 members (excludes halogenated alkanes) is 58. The van der Waals surface area contributed by atoms with Crippen molar-refractivity contribution in [1.82, 2.24) is 5.32 Å². The molecule has 0 spiro atoms. The summed E-state index contributed by atoms with van der Waals surface area (Å²) < 4.78 is 5.50. The van der Waals surface area contributed by atoms with Gasteiger partial charge >= 0.3 is 5.97 Å². The molecule has 3 N–H and O–H groups in total. The third kappa shape index (κ3) is 71.0. The summed E-state index contributed by atoms with van der Waals surface area (Å²) in [5.74, 6) is -0.0531. The topological polar surface area (TPSA) is 95.9 Å². The van der Waals surface area contributed by atoms with Crippen LogP contribution in [-0.2, 0) is 14.3 Å². The lowest BCUT2D eigenvalue weighted by atomic mass is 10.0. The molecule has 6 nitrogen and oxygen atoms in total. The molecule has 1 amide bonds. The number of ether oxygens (including phenoxy) is 1. The van der Waals surface area contributed by atoms with Crippen LogP contribution in [0.3, 0.4) is 0 Å². The van der Waals surface area contributed by atoms with E-state index in [4.69, 9.17) is 4.74 Å². The summed E-state index contributed by atoms with van der Waals surface area (Å²) in [4.78, 5) is 24.6. The van der Waals surface area contributed by atoms with Gasteiger partial charge in [-0.2, -0.15) is 0 Å². The molecule has 0 bridgehead atoms. The van der Waals surface area contributed by atoms with Crippen LogP contribution in [0.2, 0.25) is 0 Å². The molecular formula is C79H151NO5. The molecule has 502 valence electrons. The van der Waals surface area contributed by atoms with Crippen LogP contribution in [0, 0.1) is 0 Å². The maximum atomic E-state index is 12.5. The van der Waals surface area contributed by atoms with E-state index >= 15 is 0 Å². The lowest BCUT2D eigenvalue weighted by molar-refractivity contribution is -0.143. The smallest absolute Gasteiger partial charge is 0.305 e. The molecule has 85 heavy (non-hydrogen) atoms. The van der Waals surface area contributed by atoms with Crippen molar-refractivity contribution < 1.29 is 24.5 Å². The van der Waals surface area contributed by atoms with Crippen LogP contribution >= 0.6 is 0 Å². The predicted molar refractivity (Wildman–Crippen MR) is 375 cm³/mol. The van der Waals surface area contributed by atoms with Gasteiger partial charge in [0, 0.05) is 12.8 Å². The Hall–Kier alpha value is -1.92. The Labute approximate surface area is 532 Å². The lowest BCUT2D eigenvalue weighted by Crippen LogP contribution is -2.45. The molecule has 0 rings (SSSR count). The molecule has 0 aliphatic carbocycles. The Morgan fingerprint density at radius 1 is 0.318 bits per heavy atom. The Morgan fingerprint density at radius 2 is 0.553 bits per heavy atom. The number of carbonyl (C=O) groups is 2. The third-order valence-electron chi connectivity index (χ3n) is 18.1. The summed E-state index contributed by atoms with van der Waals surface area (Å²) in [7, 11) is 0. The van der Waals surface area contributed by atoms with Gasteiger partial charge in [-0.15, -0.1) is 0 Å². The zero-order chi connectivity index (χ0) is 61.3. The highest BCUT2D eigenvalue weighted by molar-refractivity contribution is 5.76. The highest BCUT2D eigenvalue weighted by Crippen LogP contribution is 2.19. The number of allylic oxidation sites excluding steroid dienone is 5. The van der Waals surface area contributed by atoms with Crippen LogP contribution in [-0.4, -0.2) is 47.4 Å². The van der Waals surface area contributed by atoms with Crippen LogP contribution in [0.5, 0.6) is 0 Å².